The normalized spacial score (nSPS) is 31.9. The molecule has 0 radical (unpaired) electrons. The van der Waals surface area contributed by atoms with Gasteiger partial charge < -0.3 is 10.1 Å². The van der Waals surface area contributed by atoms with Crippen LogP contribution < -0.4 is 5.32 Å². The minimum absolute atomic E-state index is 0.679. The summed E-state index contributed by atoms with van der Waals surface area (Å²) < 4.78 is 5.64. The topological polar surface area (TPSA) is 24.5 Å². The second kappa shape index (κ2) is 6.58. The average Bonchev–Trinajstić information content (AvgIpc) is 2.38. The first-order valence-corrected chi connectivity index (χ1v) is 6.96. The summed E-state index contributed by atoms with van der Waals surface area (Å²) in [5.41, 5.74) is 0. The number of rotatable bonds is 4. The molecular weight excluding hydrogens is 200 g/mol. The Balaban J connectivity index is 1.91. The Morgan fingerprint density at radius 1 is 1.25 bits per heavy atom. The average molecular weight is 226 g/mol. The van der Waals surface area contributed by atoms with E-state index in [-0.39, 0.29) is 0 Å². The van der Waals surface area contributed by atoms with E-state index in [1.807, 2.05) is 0 Å². The molecule has 0 amide bonds. The summed E-state index contributed by atoms with van der Waals surface area (Å²) in [4.78, 5) is 2.71. The van der Waals surface area contributed by atoms with Gasteiger partial charge in [0.1, 0.15) is 0 Å². The monoisotopic (exact) mass is 226 g/mol. The molecule has 2 atom stereocenters. The third-order valence-electron chi connectivity index (χ3n) is 3.83. The van der Waals surface area contributed by atoms with E-state index in [0.717, 1.165) is 19.3 Å². The summed E-state index contributed by atoms with van der Waals surface area (Å²) in [7, 11) is 0. The third-order valence-corrected chi connectivity index (χ3v) is 3.83. The van der Waals surface area contributed by atoms with Crippen molar-refractivity contribution in [2.24, 2.45) is 0 Å². The van der Waals surface area contributed by atoms with E-state index in [1.54, 1.807) is 0 Å². The Hall–Kier alpha value is -0.120. The molecule has 2 heterocycles. The molecule has 1 N–H and O–H groups in total. The Morgan fingerprint density at radius 3 is 2.75 bits per heavy atom. The van der Waals surface area contributed by atoms with Crippen LogP contribution in [0.15, 0.2) is 0 Å². The molecule has 16 heavy (non-hydrogen) atoms. The molecule has 2 unspecified atom stereocenters. The van der Waals surface area contributed by atoms with Crippen molar-refractivity contribution in [1.29, 1.82) is 0 Å². The zero-order chi connectivity index (χ0) is 11.2. The summed E-state index contributed by atoms with van der Waals surface area (Å²) >= 11 is 0. The predicted octanol–water partition coefficient (Wildman–Crippen LogP) is 1.63. The maximum atomic E-state index is 5.64. The van der Waals surface area contributed by atoms with E-state index in [4.69, 9.17) is 4.74 Å². The third kappa shape index (κ3) is 3.19. The van der Waals surface area contributed by atoms with Crippen LogP contribution in [0.3, 0.4) is 0 Å². The molecule has 2 saturated heterocycles. The Labute approximate surface area is 99.5 Å². The SMILES string of the molecule is CCCN(C1CCCNC1)C1CCCOC1. The van der Waals surface area contributed by atoms with Gasteiger partial charge in [0.05, 0.1) is 6.61 Å². The van der Waals surface area contributed by atoms with Crippen LogP contribution in [0.1, 0.15) is 39.0 Å². The first kappa shape index (κ1) is 12.3. The zero-order valence-electron chi connectivity index (χ0n) is 10.6. The van der Waals surface area contributed by atoms with Crippen molar-refractivity contribution in [3.8, 4) is 0 Å². The fraction of sp³-hybridized carbons (Fsp3) is 1.00. The second-order valence-corrected chi connectivity index (χ2v) is 5.11. The van der Waals surface area contributed by atoms with E-state index in [1.165, 1.54) is 51.7 Å². The molecule has 0 aromatic heterocycles. The van der Waals surface area contributed by atoms with Crippen LogP contribution in [0.4, 0.5) is 0 Å². The summed E-state index contributed by atoms with van der Waals surface area (Å²) in [5.74, 6) is 0. The van der Waals surface area contributed by atoms with Gasteiger partial charge in [0.2, 0.25) is 0 Å². The van der Waals surface area contributed by atoms with E-state index >= 15 is 0 Å². The number of hydrogen-bond acceptors (Lipinski definition) is 3. The highest BCUT2D eigenvalue weighted by Gasteiger charge is 2.28. The zero-order valence-corrected chi connectivity index (χ0v) is 10.6. The van der Waals surface area contributed by atoms with Crippen molar-refractivity contribution in [2.75, 3.05) is 32.8 Å². The van der Waals surface area contributed by atoms with Crippen LogP contribution >= 0.6 is 0 Å². The fourth-order valence-electron chi connectivity index (χ4n) is 3.02. The Kier molecular flexibility index (Phi) is 5.07. The van der Waals surface area contributed by atoms with E-state index in [2.05, 4.69) is 17.1 Å². The molecular formula is C13H26N2O. The van der Waals surface area contributed by atoms with Crippen molar-refractivity contribution in [2.45, 2.75) is 51.1 Å². The molecule has 3 nitrogen and oxygen atoms in total. The van der Waals surface area contributed by atoms with Crippen LogP contribution in [-0.4, -0.2) is 49.8 Å². The summed E-state index contributed by atoms with van der Waals surface area (Å²) in [6.45, 7) is 7.83. The predicted molar refractivity (Wildman–Crippen MR) is 66.7 cm³/mol. The fourth-order valence-corrected chi connectivity index (χ4v) is 3.02. The molecule has 94 valence electrons. The standard InChI is InChI=1S/C13H26N2O/c1-2-8-15(12-5-3-7-14-10-12)13-6-4-9-16-11-13/h12-14H,2-11H2,1H3. The molecule has 0 spiro atoms. The lowest BCUT2D eigenvalue weighted by atomic mass is 10.0. The van der Waals surface area contributed by atoms with Crippen LogP contribution in [0.5, 0.6) is 0 Å². The van der Waals surface area contributed by atoms with Crippen LogP contribution in [0.25, 0.3) is 0 Å². The van der Waals surface area contributed by atoms with Gasteiger partial charge in [0.15, 0.2) is 0 Å². The summed E-state index contributed by atoms with van der Waals surface area (Å²) in [6, 6.07) is 1.43. The van der Waals surface area contributed by atoms with Gasteiger partial charge >= 0.3 is 0 Å². The molecule has 0 bridgehead atoms. The van der Waals surface area contributed by atoms with Crippen molar-refractivity contribution in [1.82, 2.24) is 10.2 Å². The molecule has 2 rings (SSSR count). The molecule has 3 heteroatoms. The highest BCUT2D eigenvalue weighted by Crippen LogP contribution is 2.20. The highest BCUT2D eigenvalue weighted by molar-refractivity contribution is 4.84. The Bertz CT molecular complexity index is 168. The van der Waals surface area contributed by atoms with Gasteiger partial charge in [-0.15, -0.1) is 0 Å². The minimum Gasteiger partial charge on any atom is -0.380 e. The lowest BCUT2D eigenvalue weighted by Crippen LogP contribution is -2.53. The lowest BCUT2D eigenvalue weighted by Gasteiger charge is -2.41. The first-order valence-electron chi connectivity index (χ1n) is 6.96. The molecule has 0 aromatic carbocycles. The Morgan fingerprint density at radius 2 is 2.12 bits per heavy atom. The van der Waals surface area contributed by atoms with Gasteiger partial charge in [-0.1, -0.05) is 6.92 Å². The second-order valence-electron chi connectivity index (χ2n) is 5.11. The van der Waals surface area contributed by atoms with Gasteiger partial charge in [0.25, 0.3) is 0 Å². The minimum atomic E-state index is 0.679. The van der Waals surface area contributed by atoms with Gasteiger partial charge in [0, 0.05) is 25.2 Å². The van der Waals surface area contributed by atoms with E-state index in [9.17, 15) is 0 Å². The van der Waals surface area contributed by atoms with Crippen molar-refractivity contribution in [3.63, 3.8) is 0 Å². The van der Waals surface area contributed by atoms with Crippen LogP contribution in [0, 0.1) is 0 Å². The lowest BCUT2D eigenvalue weighted by molar-refractivity contribution is -0.00443. The van der Waals surface area contributed by atoms with Gasteiger partial charge in [-0.05, 0) is 45.2 Å². The first-order chi connectivity index (χ1) is 7.92. The number of ether oxygens (including phenoxy) is 1. The number of hydrogen-bond donors (Lipinski definition) is 1. The largest absolute Gasteiger partial charge is 0.380 e. The quantitative estimate of drug-likeness (QED) is 0.788. The molecule has 0 saturated carbocycles. The van der Waals surface area contributed by atoms with Gasteiger partial charge in [-0.25, -0.2) is 0 Å². The molecule has 2 aliphatic heterocycles. The smallest absolute Gasteiger partial charge is 0.0621 e. The van der Waals surface area contributed by atoms with Crippen molar-refractivity contribution >= 4 is 0 Å². The van der Waals surface area contributed by atoms with Gasteiger partial charge in [-0.2, -0.15) is 0 Å². The molecule has 0 aromatic rings. The molecule has 2 aliphatic rings. The number of nitrogens with zero attached hydrogens (tertiary/aromatic N) is 1. The van der Waals surface area contributed by atoms with Crippen LogP contribution in [0.2, 0.25) is 0 Å². The maximum Gasteiger partial charge on any atom is 0.0621 e. The van der Waals surface area contributed by atoms with Crippen LogP contribution in [-0.2, 0) is 4.74 Å². The molecule has 2 fully saturated rings. The molecule has 0 aliphatic carbocycles. The summed E-state index contributed by atoms with van der Waals surface area (Å²) in [6.07, 6.45) is 6.52. The van der Waals surface area contributed by atoms with Crippen molar-refractivity contribution in [3.05, 3.63) is 0 Å². The highest BCUT2D eigenvalue weighted by atomic mass is 16.5. The number of nitrogens with one attached hydrogen (secondary N) is 1. The van der Waals surface area contributed by atoms with E-state index < -0.39 is 0 Å². The van der Waals surface area contributed by atoms with E-state index in [0.29, 0.717) is 6.04 Å². The van der Waals surface area contributed by atoms with Crippen molar-refractivity contribution < 1.29 is 4.74 Å². The van der Waals surface area contributed by atoms with Gasteiger partial charge in [-0.3, -0.25) is 4.90 Å². The number of piperidine rings is 1. The maximum absolute atomic E-state index is 5.64. The summed E-state index contributed by atoms with van der Waals surface area (Å²) in [5, 5.41) is 3.53.